The second-order valence-electron chi connectivity index (χ2n) is 5.96. The molecule has 2 heterocycles. The van der Waals surface area contributed by atoms with Gasteiger partial charge in [0.15, 0.2) is 10.9 Å². The molecular weight excluding hydrogens is 341 g/mol. The van der Waals surface area contributed by atoms with Crippen molar-refractivity contribution in [3.05, 3.63) is 47.5 Å². The van der Waals surface area contributed by atoms with Crippen LogP contribution in [0.3, 0.4) is 0 Å². The summed E-state index contributed by atoms with van der Waals surface area (Å²) < 4.78 is 16.1. The minimum absolute atomic E-state index is 0.301. The highest BCUT2D eigenvalue weighted by Gasteiger charge is 2.35. The molecule has 8 heteroatoms. The number of aromatic nitrogens is 2. The van der Waals surface area contributed by atoms with Crippen LogP contribution in [0.4, 0.5) is 10.1 Å². The predicted octanol–water partition coefficient (Wildman–Crippen LogP) is 2.87. The van der Waals surface area contributed by atoms with Gasteiger partial charge in [0.2, 0.25) is 0 Å². The van der Waals surface area contributed by atoms with E-state index in [-0.39, 0.29) is 11.7 Å². The van der Waals surface area contributed by atoms with Crippen LogP contribution in [-0.2, 0) is 12.6 Å². The maximum Gasteiger partial charge on any atom is 0.276 e. The number of amides is 1. The molecule has 0 fully saturated rings. The van der Waals surface area contributed by atoms with Crippen LogP contribution in [0.15, 0.2) is 35.5 Å². The molecule has 0 spiro atoms. The van der Waals surface area contributed by atoms with Crippen molar-refractivity contribution in [1.29, 1.82) is 0 Å². The van der Waals surface area contributed by atoms with Crippen LogP contribution < -0.4 is 11.1 Å². The Labute approximate surface area is 149 Å². The Morgan fingerprint density at radius 1 is 1.48 bits per heavy atom. The van der Waals surface area contributed by atoms with E-state index in [1.807, 2.05) is 6.92 Å². The number of anilines is 1. The van der Waals surface area contributed by atoms with Crippen LogP contribution in [0.25, 0.3) is 0 Å². The number of carbonyl (C=O) groups is 1. The van der Waals surface area contributed by atoms with Gasteiger partial charge < -0.3 is 11.1 Å². The van der Waals surface area contributed by atoms with Crippen LogP contribution in [-0.4, -0.2) is 26.6 Å². The molecule has 0 aliphatic carbocycles. The lowest BCUT2D eigenvalue weighted by Gasteiger charge is -2.33. The first-order chi connectivity index (χ1) is 11.9. The lowest BCUT2D eigenvalue weighted by molar-refractivity contribution is 0.102. The first-order valence-electron chi connectivity index (χ1n) is 8.03. The van der Waals surface area contributed by atoms with Crippen molar-refractivity contribution in [2.75, 3.05) is 11.1 Å². The average molecular weight is 361 g/mol. The topological polar surface area (TPSA) is 85.3 Å². The molecule has 25 heavy (non-hydrogen) atoms. The summed E-state index contributed by atoms with van der Waals surface area (Å²) in [4.78, 5) is 16.8. The van der Waals surface area contributed by atoms with Gasteiger partial charge in [-0.25, -0.2) is 4.39 Å². The molecule has 1 aliphatic rings. The molecule has 0 radical (unpaired) electrons. The molecule has 0 saturated heterocycles. The third-order valence-electron chi connectivity index (χ3n) is 4.35. The monoisotopic (exact) mass is 361 g/mol. The summed E-state index contributed by atoms with van der Waals surface area (Å²) in [6, 6.07) is 6.16. The van der Waals surface area contributed by atoms with Gasteiger partial charge in [-0.3, -0.25) is 14.5 Å². The van der Waals surface area contributed by atoms with Gasteiger partial charge in [0, 0.05) is 30.2 Å². The molecule has 1 amide bonds. The first kappa shape index (κ1) is 17.5. The zero-order valence-electron chi connectivity index (χ0n) is 14.1. The number of amidine groups is 1. The van der Waals surface area contributed by atoms with Crippen molar-refractivity contribution in [1.82, 2.24) is 9.78 Å². The number of aliphatic imine (C=N–C) groups is 1. The molecule has 132 valence electrons. The normalized spacial score (nSPS) is 20.2. The van der Waals surface area contributed by atoms with Gasteiger partial charge in [-0.2, -0.15) is 5.10 Å². The molecule has 3 N–H and O–H groups in total. The van der Waals surface area contributed by atoms with Gasteiger partial charge in [0.25, 0.3) is 5.91 Å². The fourth-order valence-electron chi connectivity index (χ4n) is 2.96. The van der Waals surface area contributed by atoms with Crippen molar-refractivity contribution >= 4 is 28.5 Å². The lowest BCUT2D eigenvalue weighted by atomic mass is 9.84. The minimum atomic E-state index is -0.689. The summed E-state index contributed by atoms with van der Waals surface area (Å²) in [7, 11) is 1.74. The van der Waals surface area contributed by atoms with E-state index >= 15 is 0 Å². The minimum Gasteiger partial charge on any atom is -0.379 e. The number of nitrogens with zero attached hydrogens (tertiary/aromatic N) is 3. The van der Waals surface area contributed by atoms with Crippen LogP contribution >= 0.6 is 11.8 Å². The summed E-state index contributed by atoms with van der Waals surface area (Å²) in [5.41, 5.74) is 6.45. The molecule has 1 aliphatic heterocycles. The molecule has 0 unspecified atom stereocenters. The summed E-state index contributed by atoms with van der Waals surface area (Å²) in [5, 5.41) is 7.30. The Kier molecular flexibility index (Phi) is 4.80. The molecule has 0 saturated carbocycles. The number of thioether (sulfide) groups is 1. The number of rotatable bonds is 4. The quantitative estimate of drug-likeness (QED) is 0.877. The van der Waals surface area contributed by atoms with Crippen LogP contribution in [0, 0.1) is 5.82 Å². The third kappa shape index (κ3) is 3.53. The van der Waals surface area contributed by atoms with Gasteiger partial charge in [0.05, 0.1) is 5.54 Å². The smallest absolute Gasteiger partial charge is 0.276 e. The zero-order valence-corrected chi connectivity index (χ0v) is 14.9. The maximum absolute atomic E-state index is 14.5. The van der Waals surface area contributed by atoms with Crippen LogP contribution in [0.5, 0.6) is 0 Å². The fraction of sp³-hybridized carbons (Fsp3) is 0.353. The van der Waals surface area contributed by atoms with Crippen molar-refractivity contribution in [3.8, 4) is 0 Å². The first-order valence-corrected chi connectivity index (χ1v) is 9.01. The Morgan fingerprint density at radius 2 is 2.28 bits per heavy atom. The van der Waals surface area contributed by atoms with E-state index in [9.17, 15) is 9.18 Å². The van der Waals surface area contributed by atoms with E-state index in [4.69, 9.17) is 5.73 Å². The largest absolute Gasteiger partial charge is 0.379 e. The molecule has 0 bridgehead atoms. The molecule has 1 aromatic carbocycles. The second-order valence-corrected chi connectivity index (χ2v) is 7.07. The summed E-state index contributed by atoms with van der Waals surface area (Å²) >= 11 is 1.48. The number of nitrogens with one attached hydrogen (secondary N) is 1. The summed E-state index contributed by atoms with van der Waals surface area (Å²) in [6.45, 7) is 1.96. The van der Waals surface area contributed by atoms with Crippen LogP contribution in [0.1, 0.15) is 35.8 Å². The van der Waals surface area contributed by atoms with E-state index in [0.717, 1.165) is 5.75 Å². The van der Waals surface area contributed by atoms with Gasteiger partial charge >= 0.3 is 0 Å². The zero-order chi connectivity index (χ0) is 18.0. The third-order valence-corrected chi connectivity index (χ3v) is 5.14. The van der Waals surface area contributed by atoms with Crippen molar-refractivity contribution in [2.24, 2.45) is 17.8 Å². The number of halogens is 1. The average Bonchev–Trinajstić information content (AvgIpc) is 3.03. The van der Waals surface area contributed by atoms with E-state index < -0.39 is 5.54 Å². The number of aryl methyl sites for hydroxylation is 1. The molecule has 3 rings (SSSR count). The highest BCUT2D eigenvalue weighted by Crippen LogP contribution is 2.40. The van der Waals surface area contributed by atoms with E-state index in [0.29, 0.717) is 35.0 Å². The molecule has 2 aromatic rings. The number of carbonyl (C=O) groups excluding carboxylic acids is 1. The molecule has 1 atom stereocenters. The summed E-state index contributed by atoms with van der Waals surface area (Å²) in [6.07, 6.45) is 3.01. The Bertz CT molecular complexity index is 834. The second kappa shape index (κ2) is 6.87. The predicted molar refractivity (Wildman–Crippen MR) is 98.2 cm³/mol. The highest BCUT2D eigenvalue weighted by atomic mass is 32.2. The Morgan fingerprint density at radius 3 is 2.92 bits per heavy atom. The van der Waals surface area contributed by atoms with Gasteiger partial charge in [-0.1, -0.05) is 18.7 Å². The van der Waals surface area contributed by atoms with E-state index in [1.54, 1.807) is 30.1 Å². The molecule has 6 nitrogen and oxygen atoms in total. The standard InChI is InChI=1S/C17H20FN5OS/c1-3-17(7-9-25-16(19)21-17)12-10-11(4-5-13(12)18)20-15(24)14-6-8-23(2)22-14/h4-6,8,10H,3,7,9H2,1-2H3,(H2,19,21)(H,20,24)/t17-/m0/s1. The van der Waals surface area contributed by atoms with Gasteiger partial charge in [-0.15, -0.1) is 0 Å². The van der Waals surface area contributed by atoms with Crippen molar-refractivity contribution < 1.29 is 9.18 Å². The number of hydrogen-bond acceptors (Lipinski definition) is 5. The van der Waals surface area contributed by atoms with Crippen molar-refractivity contribution in [2.45, 2.75) is 25.3 Å². The van der Waals surface area contributed by atoms with Crippen LogP contribution in [0.2, 0.25) is 0 Å². The number of benzene rings is 1. The summed E-state index contributed by atoms with van der Waals surface area (Å²) in [5.74, 6) is 0.0969. The molecule has 1 aromatic heterocycles. The number of hydrogen-bond donors (Lipinski definition) is 2. The van der Waals surface area contributed by atoms with E-state index in [2.05, 4.69) is 15.4 Å². The highest BCUT2D eigenvalue weighted by molar-refractivity contribution is 8.13. The fourth-order valence-corrected chi connectivity index (χ4v) is 3.84. The maximum atomic E-state index is 14.5. The molecular formula is C17H20FN5OS. The van der Waals surface area contributed by atoms with E-state index in [1.165, 1.54) is 23.9 Å². The van der Waals surface area contributed by atoms with Crippen molar-refractivity contribution in [3.63, 3.8) is 0 Å². The van der Waals surface area contributed by atoms with Gasteiger partial charge in [-0.05, 0) is 37.1 Å². The Balaban J connectivity index is 1.93. The lowest BCUT2D eigenvalue weighted by Crippen LogP contribution is -2.32. The SMILES string of the molecule is CC[C@@]1(c2cc(NC(=O)c3ccn(C)n3)ccc2F)CCSC(N)=N1. The van der Waals surface area contributed by atoms with Gasteiger partial charge in [0.1, 0.15) is 5.82 Å². The number of nitrogens with two attached hydrogens (primary N) is 1. The Hall–Kier alpha value is -2.35.